The van der Waals surface area contributed by atoms with Crippen molar-refractivity contribution in [1.29, 1.82) is 0 Å². The topological polar surface area (TPSA) is 68.1 Å². The summed E-state index contributed by atoms with van der Waals surface area (Å²) in [6, 6.07) is 10.1. The SMILES string of the molecule is Cc1cc(NCC2Cc3ccccc32)ncc1[N+](=O)[O-]. The van der Waals surface area contributed by atoms with Gasteiger partial charge in [0, 0.05) is 18.0 Å². The number of pyridine rings is 1. The molecule has 5 heteroatoms. The molecule has 1 aliphatic carbocycles. The predicted molar refractivity (Wildman–Crippen MR) is 77.0 cm³/mol. The van der Waals surface area contributed by atoms with Crippen LogP contribution >= 0.6 is 0 Å². The predicted octanol–water partition coefficient (Wildman–Crippen LogP) is 3.05. The number of aromatic nitrogens is 1. The van der Waals surface area contributed by atoms with Crippen LogP contribution in [0, 0.1) is 17.0 Å². The lowest BCUT2D eigenvalue weighted by Gasteiger charge is -2.30. The van der Waals surface area contributed by atoms with E-state index in [1.807, 2.05) is 0 Å². The summed E-state index contributed by atoms with van der Waals surface area (Å²) in [5, 5.41) is 14.0. The molecule has 1 aromatic carbocycles. The van der Waals surface area contributed by atoms with Crippen LogP contribution in [0.2, 0.25) is 0 Å². The maximum Gasteiger partial charge on any atom is 0.290 e. The molecule has 0 fully saturated rings. The highest BCUT2D eigenvalue weighted by Gasteiger charge is 2.25. The number of rotatable bonds is 4. The summed E-state index contributed by atoms with van der Waals surface area (Å²) in [6.07, 6.45) is 2.39. The number of benzene rings is 1. The van der Waals surface area contributed by atoms with Crippen LogP contribution in [0.15, 0.2) is 36.5 Å². The second-order valence-corrected chi connectivity index (χ2v) is 5.09. The van der Waals surface area contributed by atoms with E-state index in [4.69, 9.17) is 0 Å². The van der Waals surface area contributed by atoms with Crippen LogP contribution < -0.4 is 5.32 Å². The van der Waals surface area contributed by atoms with Gasteiger partial charge in [0.25, 0.3) is 5.69 Å². The molecule has 0 spiro atoms. The first-order valence-corrected chi connectivity index (χ1v) is 6.58. The standard InChI is InChI=1S/C15H15N3O2/c1-10-6-15(17-9-14(10)18(19)20)16-8-12-7-11-4-2-3-5-13(11)12/h2-6,9,12H,7-8H2,1H3,(H,16,17). The van der Waals surface area contributed by atoms with E-state index in [-0.39, 0.29) is 5.69 Å². The average molecular weight is 269 g/mol. The van der Waals surface area contributed by atoms with Gasteiger partial charge < -0.3 is 5.32 Å². The van der Waals surface area contributed by atoms with Gasteiger partial charge in [0.1, 0.15) is 12.0 Å². The molecule has 1 aliphatic rings. The molecule has 0 bridgehead atoms. The zero-order valence-corrected chi connectivity index (χ0v) is 11.2. The molecule has 102 valence electrons. The number of hydrogen-bond acceptors (Lipinski definition) is 4. The molecule has 0 radical (unpaired) electrons. The maximum absolute atomic E-state index is 10.7. The van der Waals surface area contributed by atoms with Crippen molar-refractivity contribution in [3.05, 3.63) is 63.3 Å². The van der Waals surface area contributed by atoms with E-state index in [0.717, 1.165) is 13.0 Å². The molecule has 2 aromatic rings. The van der Waals surface area contributed by atoms with Crippen molar-refractivity contribution < 1.29 is 4.92 Å². The molecule has 1 atom stereocenters. The summed E-state index contributed by atoms with van der Waals surface area (Å²) in [4.78, 5) is 14.4. The molecular weight excluding hydrogens is 254 g/mol. The fourth-order valence-electron chi connectivity index (χ4n) is 2.61. The van der Waals surface area contributed by atoms with Crippen molar-refractivity contribution in [2.45, 2.75) is 19.3 Å². The number of nitrogens with one attached hydrogen (secondary N) is 1. The molecular formula is C15H15N3O2. The lowest BCUT2D eigenvalue weighted by molar-refractivity contribution is -0.385. The zero-order chi connectivity index (χ0) is 14.1. The number of hydrogen-bond donors (Lipinski definition) is 1. The van der Waals surface area contributed by atoms with Gasteiger partial charge in [-0.15, -0.1) is 0 Å². The van der Waals surface area contributed by atoms with Gasteiger partial charge in [-0.2, -0.15) is 0 Å². The Morgan fingerprint density at radius 2 is 2.25 bits per heavy atom. The van der Waals surface area contributed by atoms with Crippen LogP contribution in [0.25, 0.3) is 0 Å². The minimum Gasteiger partial charge on any atom is -0.369 e. The maximum atomic E-state index is 10.7. The second kappa shape index (κ2) is 4.92. The van der Waals surface area contributed by atoms with Gasteiger partial charge in [-0.3, -0.25) is 10.1 Å². The fraction of sp³-hybridized carbons (Fsp3) is 0.267. The lowest BCUT2D eigenvalue weighted by atomic mass is 9.77. The summed E-state index contributed by atoms with van der Waals surface area (Å²) in [5.41, 5.74) is 3.48. The van der Waals surface area contributed by atoms with E-state index in [1.165, 1.54) is 17.3 Å². The van der Waals surface area contributed by atoms with Crippen molar-refractivity contribution in [3.63, 3.8) is 0 Å². The normalized spacial score (nSPS) is 16.1. The van der Waals surface area contributed by atoms with E-state index in [2.05, 4.69) is 34.6 Å². The van der Waals surface area contributed by atoms with Crippen LogP contribution in [0.3, 0.4) is 0 Å². The Labute approximate surface area is 116 Å². The highest BCUT2D eigenvalue weighted by atomic mass is 16.6. The average Bonchev–Trinajstić information content (AvgIpc) is 2.39. The molecule has 0 saturated carbocycles. The van der Waals surface area contributed by atoms with Crippen LogP contribution in [0.5, 0.6) is 0 Å². The van der Waals surface area contributed by atoms with Crippen molar-refractivity contribution in [2.24, 2.45) is 0 Å². The summed E-state index contributed by atoms with van der Waals surface area (Å²) in [7, 11) is 0. The van der Waals surface area contributed by atoms with Crippen molar-refractivity contribution in [3.8, 4) is 0 Å². The Bertz CT molecular complexity index is 670. The summed E-state index contributed by atoms with van der Waals surface area (Å²) in [6.45, 7) is 2.53. The molecule has 0 aliphatic heterocycles. The first-order chi connectivity index (χ1) is 9.65. The number of aryl methyl sites for hydroxylation is 1. The Kier molecular flexibility index (Phi) is 3.10. The molecule has 0 amide bonds. The van der Waals surface area contributed by atoms with Crippen LogP contribution in [-0.2, 0) is 6.42 Å². The Hall–Kier alpha value is -2.43. The Morgan fingerprint density at radius 3 is 2.95 bits per heavy atom. The summed E-state index contributed by atoms with van der Waals surface area (Å²) >= 11 is 0. The zero-order valence-electron chi connectivity index (χ0n) is 11.2. The van der Waals surface area contributed by atoms with Gasteiger partial charge in [0.2, 0.25) is 0 Å². The first-order valence-electron chi connectivity index (χ1n) is 6.58. The largest absolute Gasteiger partial charge is 0.369 e. The molecule has 1 N–H and O–H groups in total. The number of fused-ring (bicyclic) bond motifs is 1. The first kappa shape index (κ1) is 12.6. The van der Waals surface area contributed by atoms with Crippen molar-refractivity contribution in [1.82, 2.24) is 4.98 Å². The van der Waals surface area contributed by atoms with Gasteiger partial charge >= 0.3 is 0 Å². The van der Waals surface area contributed by atoms with E-state index in [1.54, 1.807) is 13.0 Å². The molecule has 1 unspecified atom stereocenters. The van der Waals surface area contributed by atoms with E-state index in [0.29, 0.717) is 17.3 Å². The second-order valence-electron chi connectivity index (χ2n) is 5.09. The third-order valence-electron chi connectivity index (χ3n) is 3.77. The molecule has 3 rings (SSSR count). The van der Waals surface area contributed by atoms with E-state index in [9.17, 15) is 10.1 Å². The number of anilines is 1. The summed E-state index contributed by atoms with van der Waals surface area (Å²) < 4.78 is 0. The van der Waals surface area contributed by atoms with Gasteiger partial charge in [-0.05, 0) is 30.5 Å². The van der Waals surface area contributed by atoms with Crippen LogP contribution in [0.4, 0.5) is 11.5 Å². The van der Waals surface area contributed by atoms with Gasteiger partial charge in [0.15, 0.2) is 0 Å². The third kappa shape index (κ3) is 2.22. The Balaban J connectivity index is 1.66. The molecule has 1 heterocycles. The minimum atomic E-state index is -0.408. The number of nitro groups is 1. The van der Waals surface area contributed by atoms with Crippen LogP contribution in [-0.4, -0.2) is 16.5 Å². The van der Waals surface area contributed by atoms with Crippen molar-refractivity contribution in [2.75, 3.05) is 11.9 Å². The minimum absolute atomic E-state index is 0.0598. The van der Waals surface area contributed by atoms with Gasteiger partial charge in [-0.1, -0.05) is 24.3 Å². The number of nitrogens with zero attached hydrogens (tertiary/aromatic N) is 2. The summed E-state index contributed by atoms with van der Waals surface area (Å²) in [5.74, 6) is 1.20. The highest BCUT2D eigenvalue weighted by Crippen LogP contribution is 2.34. The van der Waals surface area contributed by atoms with E-state index >= 15 is 0 Å². The molecule has 20 heavy (non-hydrogen) atoms. The van der Waals surface area contributed by atoms with Gasteiger partial charge in [0.05, 0.1) is 4.92 Å². The molecule has 0 saturated heterocycles. The lowest BCUT2D eigenvalue weighted by Crippen LogP contribution is -2.24. The third-order valence-corrected chi connectivity index (χ3v) is 3.77. The monoisotopic (exact) mass is 269 g/mol. The molecule has 1 aromatic heterocycles. The molecule has 5 nitrogen and oxygen atoms in total. The Morgan fingerprint density at radius 1 is 1.45 bits per heavy atom. The van der Waals surface area contributed by atoms with E-state index < -0.39 is 4.92 Å². The van der Waals surface area contributed by atoms with Crippen LogP contribution in [0.1, 0.15) is 22.6 Å². The fourth-order valence-corrected chi connectivity index (χ4v) is 2.61. The van der Waals surface area contributed by atoms with Gasteiger partial charge in [-0.25, -0.2) is 4.98 Å². The quantitative estimate of drug-likeness (QED) is 0.684. The highest BCUT2D eigenvalue weighted by molar-refractivity contribution is 5.48. The van der Waals surface area contributed by atoms with Crippen molar-refractivity contribution >= 4 is 11.5 Å². The smallest absolute Gasteiger partial charge is 0.290 e.